The molecule has 0 fully saturated rings. The van der Waals surface area contributed by atoms with Crippen molar-refractivity contribution < 1.29 is 24.5 Å². The maximum absolute atomic E-state index is 12.4. The fourth-order valence-electron chi connectivity index (χ4n) is 2.74. The van der Waals surface area contributed by atoms with E-state index in [0.717, 1.165) is 0 Å². The lowest BCUT2D eigenvalue weighted by Crippen LogP contribution is -2.36. The molecule has 0 saturated carbocycles. The second kappa shape index (κ2) is 9.54. The molecule has 3 N–H and O–H groups in total. The molecule has 0 spiro atoms. The van der Waals surface area contributed by atoms with Crippen LogP contribution in [0, 0.1) is 5.41 Å². The highest BCUT2D eigenvalue weighted by molar-refractivity contribution is 9.11. The molecule has 0 aliphatic rings. The number of imide groups is 1. The van der Waals surface area contributed by atoms with Gasteiger partial charge in [0.2, 0.25) is 0 Å². The van der Waals surface area contributed by atoms with Crippen LogP contribution in [-0.4, -0.2) is 28.8 Å². The van der Waals surface area contributed by atoms with Gasteiger partial charge in [0.25, 0.3) is 5.91 Å². The number of carbonyl (C=O) groups excluding carboxylic acids is 2. The third-order valence-electron chi connectivity index (χ3n) is 4.28. The van der Waals surface area contributed by atoms with Gasteiger partial charge in [0.1, 0.15) is 11.9 Å². The van der Waals surface area contributed by atoms with Gasteiger partial charge in [0, 0.05) is 27.6 Å². The fourth-order valence-corrected chi connectivity index (χ4v) is 4.00. The van der Waals surface area contributed by atoms with Crippen LogP contribution in [0.25, 0.3) is 0 Å². The van der Waals surface area contributed by atoms with E-state index in [1.54, 1.807) is 56.3 Å². The van der Waals surface area contributed by atoms with Crippen LogP contribution < -0.4 is 5.32 Å². The molecule has 2 rings (SSSR count). The molecule has 150 valence electrons. The zero-order valence-electron chi connectivity index (χ0n) is 15.4. The number of rotatable bonds is 6. The van der Waals surface area contributed by atoms with Gasteiger partial charge in [-0.15, -0.1) is 0 Å². The second-order valence-corrected chi connectivity index (χ2v) is 8.66. The van der Waals surface area contributed by atoms with E-state index in [4.69, 9.17) is 4.74 Å². The van der Waals surface area contributed by atoms with Crippen molar-refractivity contribution in [3.8, 4) is 5.75 Å². The van der Waals surface area contributed by atoms with E-state index in [0.29, 0.717) is 26.5 Å². The highest BCUT2D eigenvalue weighted by Crippen LogP contribution is 2.45. The van der Waals surface area contributed by atoms with E-state index in [-0.39, 0.29) is 12.4 Å². The Hall–Kier alpha value is -1.90. The number of hydrogen-bond donors (Lipinski definition) is 3. The standard InChI is InChI=1S/C20H21Br2NO5/c1-20(2,8-9-24)17(14-10-13(21)11-15(22)16(14)25)28-19(27)23-18(26)12-6-4-3-5-7-12/h3-7,10-11,17,24-25H,8-9H2,1-2H3,(H,23,26,27)/t17-/m1/s1. The van der Waals surface area contributed by atoms with E-state index in [9.17, 15) is 19.8 Å². The van der Waals surface area contributed by atoms with Crippen LogP contribution in [0.1, 0.15) is 42.3 Å². The summed E-state index contributed by atoms with van der Waals surface area (Å²) in [5.41, 5.74) is -0.0553. The average Bonchev–Trinajstić information content (AvgIpc) is 2.63. The SMILES string of the molecule is CC(C)(CCO)[C@H](OC(=O)NC(=O)c1ccccc1)c1cc(Br)cc(Br)c1O. The van der Waals surface area contributed by atoms with Crippen LogP contribution >= 0.6 is 31.9 Å². The van der Waals surface area contributed by atoms with E-state index < -0.39 is 23.5 Å². The quantitative estimate of drug-likeness (QED) is 0.507. The van der Waals surface area contributed by atoms with Gasteiger partial charge in [-0.2, -0.15) is 0 Å². The molecular formula is C20H21Br2NO5. The van der Waals surface area contributed by atoms with Gasteiger partial charge in [-0.1, -0.05) is 48.0 Å². The molecule has 0 aliphatic carbocycles. The number of ether oxygens (including phenoxy) is 1. The Morgan fingerprint density at radius 1 is 1.18 bits per heavy atom. The van der Waals surface area contributed by atoms with Crippen molar-refractivity contribution in [1.82, 2.24) is 5.32 Å². The Morgan fingerprint density at radius 2 is 1.82 bits per heavy atom. The predicted octanol–water partition coefficient (Wildman–Crippen LogP) is 4.93. The Morgan fingerprint density at radius 3 is 2.43 bits per heavy atom. The average molecular weight is 515 g/mol. The molecule has 2 aromatic carbocycles. The number of nitrogens with one attached hydrogen (secondary N) is 1. The number of alkyl carbamates (subject to hydrolysis) is 1. The van der Waals surface area contributed by atoms with Gasteiger partial charge in [-0.05, 0) is 46.6 Å². The summed E-state index contributed by atoms with van der Waals surface area (Å²) in [5.74, 6) is -0.676. The number of phenols is 1. The minimum Gasteiger partial charge on any atom is -0.506 e. The number of halogens is 2. The number of benzene rings is 2. The largest absolute Gasteiger partial charge is 0.506 e. The topological polar surface area (TPSA) is 95.9 Å². The highest BCUT2D eigenvalue weighted by atomic mass is 79.9. The summed E-state index contributed by atoms with van der Waals surface area (Å²) in [6.07, 6.45) is -1.56. The Kier molecular flexibility index (Phi) is 7.63. The van der Waals surface area contributed by atoms with Gasteiger partial charge in [0.15, 0.2) is 0 Å². The zero-order valence-corrected chi connectivity index (χ0v) is 18.6. The second-order valence-electron chi connectivity index (χ2n) is 6.89. The van der Waals surface area contributed by atoms with Crippen molar-refractivity contribution in [3.63, 3.8) is 0 Å². The van der Waals surface area contributed by atoms with Crippen molar-refractivity contribution in [2.45, 2.75) is 26.4 Å². The number of phenolic OH excluding ortho intramolecular Hbond substituents is 1. The summed E-state index contributed by atoms with van der Waals surface area (Å²) < 4.78 is 6.64. The highest BCUT2D eigenvalue weighted by Gasteiger charge is 2.36. The summed E-state index contributed by atoms with van der Waals surface area (Å²) in [6, 6.07) is 11.6. The number of aromatic hydroxyl groups is 1. The van der Waals surface area contributed by atoms with Crippen molar-refractivity contribution >= 4 is 43.9 Å². The molecule has 0 heterocycles. The van der Waals surface area contributed by atoms with Gasteiger partial charge in [-0.25, -0.2) is 4.79 Å². The lowest BCUT2D eigenvalue weighted by molar-refractivity contribution is 0.00741. The molecule has 0 aliphatic heterocycles. The van der Waals surface area contributed by atoms with Gasteiger partial charge in [0.05, 0.1) is 4.47 Å². The Balaban J connectivity index is 2.31. The first kappa shape index (κ1) is 22.4. The predicted molar refractivity (Wildman–Crippen MR) is 112 cm³/mol. The lowest BCUT2D eigenvalue weighted by atomic mass is 9.79. The molecule has 2 aromatic rings. The number of amides is 2. The molecule has 0 saturated heterocycles. The third kappa shape index (κ3) is 5.56. The minimum absolute atomic E-state index is 0.0820. The molecule has 0 radical (unpaired) electrons. The van der Waals surface area contributed by atoms with Gasteiger partial charge >= 0.3 is 6.09 Å². The van der Waals surface area contributed by atoms with E-state index in [2.05, 4.69) is 37.2 Å². The van der Waals surface area contributed by atoms with Crippen molar-refractivity contribution in [2.75, 3.05) is 6.61 Å². The summed E-state index contributed by atoms with van der Waals surface area (Å²) in [7, 11) is 0. The monoisotopic (exact) mass is 513 g/mol. The van der Waals surface area contributed by atoms with E-state index in [1.807, 2.05) is 0 Å². The number of carbonyl (C=O) groups is 2. The van der Waals surface area contributed by atoms with Crippen molar-refractivity contribution in [2.24, 2.45) is 5.41 Å². The molecule has 0 aromatic heterocycles. The molecule has 2 amide bonds. The Labute approximate surface area is 180 Å². The van der Waals surface area contributed by atoms with E-state index in [1.165, 1.54) is 0 Å². The first-order valence-electron chi connectivity index (χ1n) is 8.51. The lowest BCUT2D eigenvalue weighted by Gasteiger charge is -2.34. The van der Waals surface area contributed by atoms with Crippen LogP contribution in [0.5, 0.6) is 5.75 Å². The van der Waals surface area contributed by atoms with E-state index >= 15 is 0 Å². The first-order valence-corrected chi connectivity index (χ1v) is 10.1. The maximum Gasteiger partial charge on any atom is 0.414 e. The fraction of sp³-hybridized carbons (Fsp3) is 0.300. The summed E-state index contributed by atoms with van der Waals surface area (Å²) in [6.45, 7) is 3.47. The first-order chi connectivity index (χ1) is 13.2. The molecule has 28 heavy (non-hydrogen) atoms. The van der Waals surface area contributed by atoms with Gasteiger partial charge in [-0.3, -0.25) is 10.1 Å². The van der Waals surface area contributed by atoms with Crippen molar-refractivity contribution in [1.29, 1.82) is 0 Å². The molecule has 6 nitrogen and oxygen atoms in total. The molecular weight excluding hydrogens is 494 g/mol. The number of aliphatic hydroxyl groups excluding tert-OH is 1. The zero-order chi connectivity index (χ0) is 20.9. The van der Waals surface area contributed by atoms with Crippen molar-refractivity contribution in [3.05, 3.63) is 62.5 Å². The van der Waals surface area contributed by atoms with Crippen LogP contribution in [0.4, 0.5) is 4.79 Å². The minimum atomic E-state index is -0.944. The van der Waals surface area contributed by atoms with Gasteiger partial charge < -0.3 is 14.9 Å². The van der Waals surface area contributed by atoms with Crippen LogP contribution in [0.3, 0.4) is 0 Å². The summed E-state index contributed by atoms with van der Waals surface area (Å²) in [5, 5.41) is 22.1. The maximum atomic E-state index is 12.4. The smallest absolute Gasteiger partial charge is 0.414 e. The number of aliphatic hydroxyl groups is 1. The molecule has 8 heteroatoms. The molecule has 0 unspecified atom stereocenters. The normalized spacial score (nSPS) is 12.3. The Bertz CT molecular complexity index is 855. The van der Waals surface area contributed by atoms with Crippen LogP contribution in [0.2, 0.25) is 0 Å². The third-order valence-corrected chi connectivity index (χ3v) is 5.34. The van der Waals surface area contributed by atoms with Crippen LogP contribution in [-0.2, 0) is 4.74 Å². The number of hydrogen-bond acceptors (Lipinski definition) is 5. The van der Waals surface area contributed by atoms with Crippen LogP contribution in [0.15, 0.2) is 51.4 Å². The molecule has 1 atom stereocenters. The summed E-state index contributed by atoms with van der Waals surface area (Å²) in [4.78, 5) is 24.6. The molecule has 0 bridgehead atoms. The summed E-state index contributed by atoms with van der Waals surface area (Å²) >= 11 is 6.63.